The third-order valence-corrected chi connectivity index (χ3v) is 8.13. The summed E-state index contributed by atoms with van der Waals surface area (Å²) in [5, 5.41) is 22.2. The molecule has 6 nitrogen and oxygen atoms in total. The molecule has 0 aliphatic carbocycles. The summed E-state index contributed by atoms with van der Waals surface area (Å²) < 4.78 is 6.04. The van der Waals surface area contributed by atoms with Crippen LogP contribution in [0.2, 0.25) is 0 Å². The van der Waals surface area contributed by atoms with Crippen molar-refractivity contribution in [2.45, 2.75) is 0 Å². The fraction of sp³-hybridized carbons (Fsp3) is 0. The van der Waals surface area contributed by atoms with Gasteiger partial charge in [0, 0.05) is 27.5 Å². The Morgan fingerprint density at radius 1 is 0.383 bits per heavy atom. The Bertz CT molecular complexity index is 2480. The topological polar surface area (TPSA) is 99.4 Å². The van der Waals surface area contributed by atoms with Crippen molar-refractivity contribution >= 4 is 21.9 Å². The monoisotopic (exact) mass is 601 g/mol. The minimum atomic E-state index is 0.449. The zero-order valence-electron chi connectivity index (χ0n) is 24.9. The quantitative estimate of drug-likeness (QED) is 0.195. The summed E-state index contributed by atoms with van der Waals surface area (Å²) in [6.45, 7) is 0. The highest BCUT2D eigenvalue weighted by molar-refractivity contribution is 6.06. The van der Waals surface area contributed by atoms with Gasteiger partial charge in [0.2, 0.25) is 0 Å². The van der Waals surface area contributed by atoms with Crippen LogP contribution in [0.3, 0.4) is 0 Å². The Hall–Kier alpha value is -6.89. The second-order valence-electron chi connectivity index (χ2n) is 11.2. The van der Waals surface area contributed by atoms with Crippen molar-refractivity contribution in [2.75, 3.05) is 0 Å². The molecule has 0 radical (unpaired) electrons. The zero-order valence-corrected chi connectivity index (χ0v) is 24.9. The van der Waals surface area contributed by atoms with E-state index in [-0.39, 0.29) is 0 Å². The molecule has 47 heavy (non-hydrogen) atoms. The number of benzene rings is 6. The number of hydrogen-bond acceptors (Lipinski definition) is 6. The Morgan fingerprint density at radius 2 is 0.851 bits per heavy atom. The first-order chi connectivity index (χ1) is 23.1. The maximum Gasteiger partial charge on any atom is 0.164 e. The SMILES string of the molecule is N#Cc1cc(-c2cc(C#N)cc(-c3nc(-c4ccccc4)nc(-c4ccccc4)n3)c2)cc(-c2ccc3oc4ccccc4c3c2)c1. The molecule has 8 rings (SSSR count). The lowest BCUT2D eigenvalue weighted by atomic mass is 9.93. The molecule has 0 fully saturated rings. The first kappa shape index (κ1) is 27.6. The van der Waals surface area contributed by atoms with Crippen LogP contribution in [0.4, 0.5) is 0 Å². The molecule has 8 aromatic rings. The minimum Gasteiger partial charge on any atom is -0.456 e. The fourth-order valence-electron chi connectivity index (χ4n) is 5.86. The smallest absolute Gasteiger partial charge is 0.164 e. The van der Waals surface area contributed by atoms with E-state index in [1.54, 1.807) is 6.07 Å². The molecule has 0 saturated heterocycles. The third kappa shape index (κ3) is 5.27. The molecule has 218 valence electrons. The van der Waals surface area contributed by atoms with Gasteiger partial charge in [0.15, 0.2) is 17.5 Å². The van der Waals surface area contributed by atoms with Crippen LogP contribution in [0.5, 0.6) is 0 Å². The summed E-state index contributed by atoms with van der Waals surface area (Å²) in [7, 11) is 0. The van der Waals surface area contributed by atoms with Gasteiger partial charge in [-0.2, -0.15) is 10.5 Å². The summed E-state index contributed by atoms with van der Waals surface area (Å²) in [4.78, 5) is 14.5. The molecular weight excluding hydrogens is 578 g/mol. The zero-order chi connectivity index (χ0) is 31.7. The van der Waals surface area contributed by atoms with E-state index in [4.69, 9.17) is 19.4 Å². The molecule has 0 N–H and O–H groups in total. The van der Waals surface area contributed by atoms with Gasteiger partial charge in [0.1, 0.15) is 11.2 Å². The van der Waals surface area contributed by atoms with Crippen molar-refractivity contribution in [3.63, 3.8) is 0 Å². The third-order valence-electron chi connectivity index (χ3n) is 8.13. The Morgan fingerprint density at radius 3 is 1.45 bits per heavy atom. The van der Waals surface area contributed by atoms with Crippen molar-refractivity contribution in [1.29, 1.82) is 10.5 Å². The number of nitriles is 2. The van der Waals surface area contributed by atoms with Crippen LogP contribution in [-0.2, 0) is 0 Å². The maximum atomic E-state index is 10.1. The summed E-state index contributed by atoms with van der Waals surface area (Å²) in [6.07, 6.45) is 0. The number of para-hydroxylation sites is 1. The molecule has 0 aliphatic heterocycles. The van der Waals surface area contributed by atoms with Gasteiger partial charge in [-0.05, 0) is 76.9 Å². The molecule has 0 atom stereocenters. The van der Waals surface area contributed by atoms with Crippen LogP contribution in [0, 0.1) is 22.7 Å². The molecule has 2 heterocycles. The number of fused-ring (bicyclic) bond motifs is 3. The van der Waals surface area contributed by atoms with Crippen LogP contribution in [0.15, 0.2) is 144 Å². The van der Waals surface area contributed by atoms with E-state index >= 15 is 0 Å². The van der Waals surface area contributed by atoms with Crippen LogP contribution in [0.25, 0.3) is 78.4 Å². The molecule has 0 bridgehead atoms. The average molecular weight is 602 g/mol. The number of aromatic nitrogens is 3. The summed E-state index contributed by atoms with van der Waals surface area (Å²) >= 11 is 0. The van der Waals surface area contributed by atoms with E-state index in [2.05, 4.69) is 18.2 Å². The largest absolute Gasteiger partial charge is 0.456 e. The van der Waals surface area contributed by atoms with E-state index in [1.807, 2.05) is 127 Å². The molecule has 0 aliphatic rings. The molecular formula is C41H23N5O. The Labute approximate surface area is 270 Å². The molecule has 2 aromatic heterocycles. The molecule has 0 saturated carbocycles. The Kier molecular flexibility index (Phi) is 6.80. The highest BCUT2D eigenvalue weighted by Gasteiger charge is 2.16. The van der Waals surface area contributed by atoms with Gasteiger partial charge >= 0.3 is 0 Å². The summed E-state index contributed by atoms with van der Waals surface area (Å²) in [5.74, 6) is 1.52. The lowest BCUT2D eigenvalue weighted by molar-refractivity contribution is 0.669. The Balaban J connectivity index is 1.28. The minimum absolute atomic E-state index is 0.449. The molecule has 6 heteroatoms. The number of furan rings is 1. The normalized spacial score (nSPS) is 10.9. The highest BCUT2D eigenvalue weighted by Crippen LogP contribution is 2.36. The van der Waals surface area contributed by atoms with Crippen molar-refractivity contribution in [2.24, 2.45) is 0 Å². The first-order valence-corrected chi connectivity index (χ1v) is 15.0. The van der Waals surface area contributed by atoms with Gasteiger partial charge in [0.05, 0.1) is 23.3 Å². The highest BCUT2D eigenvalue weighted by atomic mass is 16.3. The van der Waals surface area contributed by atoms with Gasteiger partial charge in [-0.25, -0.2) is 15.0 Å². The van der Waals surface area contributed by atoms with E-state index in [0.717, 1.165) is 55.3 Å². The van der Waals surface area contributed by atoms with Gasteiger partial charge < -0.3 is 4.42 Å². The maximum absolute atomic E-state index is 10.1. The predicted molar refractivity (Wildman–Crippen MR) is 184 cm³/mol. The molecule has 0 unspecified atom stereocenters. The molecule has 6 aromatic carbocycles. The summed E-state index contributed by atoms with van der Waals surface area (Å²) in [6, 6.07) is 49.5. The predicted octanol–water partition coefficient (Wildman–Crippen LogP) is 9.85. The number of nitrogens with zero attached hydrogens (tertiary/aromatic N) is 5. The van der Waals surface area contributed by atoms with E-state index in [0.29, 0.717) is 34.2 Å². The first-order valence-electron chi connectivity index (χ1n) is 15.0. The van der Waals surface area contributed by atoms with Crippen molar-refractivity contribution < 1.29 is 4.42 Å². The fourth-order valence-corrected chi connectivity index (χ4v) is 5.86. The summed E-state index contributed by atoms with van der Waals surface area (Å²) in [5.41, 5.74) is 8.40. The van der Waals surface area contributed by atoms with Crippen LogP contribution in [-0.4, -0.2) is 15.0 Å². The van der Waals surface area contributed by atoms with Crippen molar-refractivity contribution in [3.8, 4) is 68.6 Å². The van der Waals surface area contributed by atoms with Gasteiger partial charge in [0.25, 0.3) is 0 Å². The van der Waals surface area contributed by atoms with Crippen LogP contribution < -0.4 is 0 Å². The van der Waals surface area contributed by atoms with Gasteiger partial charge in [-0.3, -0.25) is 0 Å². The average Bonchev–Trinajstić information content (AvgIpc) is 3.53. The lowest BCUT2D eigenvalue weighted by Crippen LogP contribution is -2.00. The van der Waals surface area contributed by atoms with E-state index in [1.165, 1.54) is 0 Å². The standard InChI is InChI=1S/C41H23N5O/c42-24-26-17-31(30-15-16-38-36(23-30)35-13-7-8-14-37(35)47-38)21-32(18-26)33-19-27(25-43)20-34(22-33)41-45-39(28-9-3-1-4-10-28)44-40(46-41)29-11-5-2-6-12-29/h1-23H. The number of rotatable bonds is 5. The molecule has 0 amide bonds. The molecule has 0 spiro atoms. The van der Waals surface area contributed by atoms with E-state index in [9.17, 15) is 10.5 Å². The van der Waals surface area contributed by atoms with Gasteiger partial charge in [-0.1, -0.05) is 84.9 Å². The van der Waals surface area contributed by atoms with Gasteiger partial charge in [-0.15, -0.1) is 0 Å². The van der Waals surface area contributed by atoms with Crippen LogP contribution >= 0.6 is 0 Å². The second-order valence-corrected chi connectivity index (χ2v) is 11.2. The van der Waals surface area contributed by atoms with Crippen LogP contribution in [0.1, 0.15) is 11.1 Å². The lowest BCUT2D eigenvalue weighted by Gasteiger charge is -2.12. The second kappa shape index (κ2) is 11.6. The van der Waals surface area contributed by atoms with Crippen molar-refractivity contribution in [3.05, 3.63) is 151 Å². The van der Waals surface area contributed by atoms with Crippen molar-refractivity contribution in [1.82, 2.24) is 15.0 Å². The van der Waals surface area contributed by atoms with E-state index < -0.39 is 0 Å². The number of hydrogen-bond donors (Lipinski definition) is 0.